The fraction of sp³-hybridized carbons (Fsp3) is 0.385. The summed E-state index contributed by atoms with van der Waals surface area (Å²) in [5, 5.41) is 10.3. The maximum Gasteiger partial charge on any atom is 0.276 e. The minimum absolute atomic E-state index is 0.266. The van der Waals surface area contributed by atoms with E-state index in [4.69, 9.17) is 20.8 Å². The Morgan fingerprint density at radius 3 is 2.55 bits per heavy atom. The minimum Gasteiger partial charge on any atom is -0.484 e. The first kappa shape index (κ1) is 15.4. The van der Waals surface area contributed by atoms with E-state index in [0.29, 0.717) is 16.1 Å². The molecule has 0 radical (unpaired) electrons. The van der Waals surface area contributed by atoms with E-state index in [9.17, 15) is 0 Å². The monoisotopic (exact) mass is 328 g/mol. The number of hydrogen-bond acceptors (Lipinski definition) is 5. The molecule has 0 aliphatic carbocycles. The molecule has 0 amide bonds. The zero-order chi connectivity index (χ0) is 14.6. The third-order valence-corrected chi connectivity index (χ3v) is 6.96. The zero-order valence-corrected chi connectivity index (χ0v) is 14.3. The number of rotatable bonds is 6. The molecule has 2 aromatic rings. The van der Waals surface area contributed by atoms with Crippen LogP contribution in [0.3, 0.4) is 0 Å². The van der Waals surface area contributed by atoms with Crippen LogP contribution in [0.4, 0.5) is 0 Å². The van der Waals surface area contributed by atoms with E-state index < -0.39 is 8.07 Å². The average molecular weight is 329 g/mol. The van der Waals surface area contributed by atoms with Crippen LogP contribution < -0.4 is 4.74 Å². The average Bonchev–Trinajstić information content (AvgIpc) is 2.83. The van der Waals surface area contributed by atoms with Crippen molar-refractivity contribution in [2.45, 2.75) is 31.5 Å². The van der Waals surface area contributed by atoms with E-state index in [-0.39, 0.29) is 6.61 Å². The molecule has 1 aromatic carbocycles. The molecule has 0 bridgehead atoms. The van der Waals surface area contributed by atoms with Crippen molar-refractivity contribution in [3.8, 4) is 5.75 Å². The van der Waals surface area contributed by atoms with E-state index in [1.165, 1.54) is 0 Å². The Bertz CT molecular complexity index is 554. The molecule has 0 aliphatic rings. The Labute approximate surface area is 128 Å². The summed E-state index contributed by atoms with van der Waals surface area (Å²) in [7, 11) is -1.12. The van der Waals surface area contributed by atoms with Gasteiger partial charge in [0.05, 0.1) is 8.07 Å². The van der Waals surface area contributed by atoms with E-state index in [1.54, 1.807) is 36.0 Å². The van der Waals surface area contributed by atoms with Gasteiger partial charge in [-0.3, -0.25) is 0 Å². The predicted molar refractivity (Wildman–Crippen MR) is 84.2 cm³/mol. The Morgan fingerprint density at radius 2 is 1.90 bits per heavy atom. The van der Waals surface area contributed by atoms with Crippen molar-refractivity contribution in [1.29, 1.82) is 0 Å². The van der Waals surface area contributed by atoms with Crippen molar-refractivity contribution in [2.24, 2.45) is 0 Å². The number of thioether (sulfide) groups is 1. The normalized spacial score (nSPS) is 11.6. The number of aromatic nitrogens is 2. The first-order valence-corrected chi connectivity index (χ1v) is 11.3. The lowest BCUT2D eigenvalue weighted by molar-refractivity contribution is 0.252. The first-order valence-electron chi connectivity index (χ1n) is 6.26. The summed E-state index contributed by atoms with van der Waals surface area (Å²) in [5.41, 5.74) is 0. The van der Waals surface area contributed by atoms with E-state index >= 15 is 0 Å². The van der Waals surface area contributed by atoms with Crippen molar-refractivity contribution >= 4 is 31.4 Å². The van der Waals surface area contributed by atoms with Crippen molar-refractivity contribution in [1.82, 2.24) is 10.2 Å². The topological polar surface area (TPSA) is 48.2 Å². The minimum atomic E-state index is -1.12. The van der Waals surface area contributed by atoms with Crippen molar-refractivity contribution in [2.75, 3.05) is 5.38 Å². The molecule has 4 nitrogen and oxygen atoms in total. The van der Waals surface area contributed by atoms with Crippen LogP contribution in [0.25, 0.3) is 0 Å². The van der Waals surface area contributed by atoms with Crippen LogP contribution in [0.2, 0.25) is 24.7 Å². The summed E-state index contributed by atoms with van der Waals surface area (Å²) in [6.45, 7) is 7.19. The highest BCUT2D eigenvalue weighted by atomic mass is 35.5. The van der Waals surface area contributed by atoms with E-state index in [0.717, 1.165) is 11.1 Å². The van der Waals surface area contributed by atoms with Crippen LogP contribution in [-0.4, -0.2) is 23.6 Å². The molecule has 0 aliphatic heterocycles. The molecule has 2 rings (SSSR count). The molecule has 108 valence electrons. The quantitative estimate of drug-likeness (QED) is 0.585. The van der Waals surface area contributed by atoms with Gasteiger partial charge >= 0.3 is 0 Å². The van der Waals surface area contributed by atoms with Gasteiger partial charge in [-0.05, 0) is 29.6 Å². The maximum atomic E-state index is 5.81. The Kier molecular flexibility index (Phi) is 5.12. The molecule has 0 N–H and O–H groups in total. The summed E-state index contributed by atoms with van der Waals surface area (Å²) in [5.74, 6) is 1.21. The van der Waals surface area contributed by atoms with Crippen LogP contribution in [0, 0.1) is 0 Å². The van der Waals surface area contributed by atoms with Gasteiger partial charge in [0.25, 0.3) is 11.1 Å². The highest BCUT2D eigenvalue weighted by molar-refractivity contribution is 8.00. The standard InChI is InChI=1S/C13H17ClN2O2SSi/c1-20(2,3)9-19-13-16-15-12(18-13)8-17-11-6-4-10(14)5-7-11/h4-7H,8-9H2,1-3H3. The molecular formula is C13H17ClN2O2SSi. The molecule has 0 saturated carbocycles. The van der Waals surface area contributed by atoms with Crippen LogP contribution >= 0.6 is 23.4 Å². The molecular weight excluding hydrogens is 312 g/mol. The second kappa shape index (κ2) is 6.65. The van der Waals surface area contributed by atoms with Gasteiger partial charge in [-0.2, -0.15) is 0 Å². The summed E-state index contributed by atoms with van der Waals surface area (Å²) < 4.78 is 11.1. The summed E-state index contributed by atoms with van der Waals surface area (Å²) >= 11 is 7.43. The molecule has 1 aromatic heterocycles. The summed E-state index contributed by atoms with van der Waals surface area (Å²) in [6, 6.07) is 7.17. The summed E-state index contributed by atoms with van der Waals surface area (Å²) in [6.07, 6.45) is 0. The Hall–Kier alpha value is -0.983. The van der Waals surface area contributed by atoms with Crippen molar-refractivity contribution in [3.63, 3.8) is 0 Å². The lowest BCUT2D eigenvalue weighted by Crippen LogP contribution is -2.23. The van der Waals surface area contributed by atoms with E-state index in [1.807, 2.05) is 0 Å². The molecule has 0 saturated heterocycles. The predicted octanol–water partition coefficient (Wildman–Crippen LogP) is 4.27. The molecule has 20 heavy (non-hydrogen) atoms. The Morgan fingerprint density at radius 1 is 1.20 bits per heavy atom. The second-order valence-corrected chi connectivity index (χ2v) is 12.9. The van der Waals surface area contributed by atoms with Crippen LogP contribution in [0.15, 0.2) is 33.9 Å². The third kappa shape index (κ3) is 5.18. The number of benzene rings is 1. The van der Waals surface area contributed by atoms with Crippen molar-refractivity contribution < 1.29 is 9.15 Å². The molecule has 0 unspecified atom stereocenters. The summed E-state index contributed by atoms with van der Waals surface area (Å²) in [4.78, 5) is 0. The Balaban J connectivity index is 1.85. The smallest absolute Gasteiger partial charge is 0.276 e. The van der Waals surface area contributed by atoms with Crippen molar-refractivity contribution in [3.05, 3.63) is 35.2 Å². The first-order chi connectivity index (χ1) is 9.42. The SMILES string of the molecule is C[Si](C)(C)CSc1nnc(COc2ccc(Cl)cc2)o1. The fourth-order valence-corrected chi connectivity index (χ4v) is 3.91. The van der Waals surface area contributed by atoms with Gasteiger partial charge < -0.3 is 9.15 Å². The molecule has 0 spiro atoms. The van der Waals surface area contributed by atoms with Gasteiger partial charge in [0.2, 0.25) is 0 Å². The maximum absolute atomic E-state index is 5.81. The molecule has 0 fully saturated rings. The number of hydrogen-bond donors (Lipinski definition) is 0. The van der Waals surface area contributed by atoms with Gasteiger partial charge in [0.1, 0.15) is 5.75 Å². The number of ether oxygens (including phenoxy) is 1. The van der Waals surface area contributed by atoms with Gasteiger partial charge in [-0.15, -0.1) is 10.2 Å². The highest BCUT2D eigenvalue weighted by Gasteiger charge is 2.16. The highest BCUT2D eigenvalue weighted by Crippen LogP contribution is 2.21. The largest absolute Gasteiger partial charge is 0.484 e. The fourth-order valence-electron chi connectivity index (χ4n) is 1.31. The van der Waals surface area contributed by atoms with Gasteiger partial charge in [0, 0.05) is 5.02 Å². The van der Waals surface area contributed by atoms with Crippen LogP contribution in [0.1, 0.15) is 5.89 Å². The number of nitrogens with zero attached hydrogens (tertiary/aromatic N) is 2. The van der Waals surface area contributed by atoms with E-state index in [2.05, 4.69) is 29.8 Å². The third-order valence-electron chi connectivity index (χ3n) is 2.25. The molecule has 7 heteroatoms. The van der Waals surface area contributed by atoms with Crippen LogP contribution in [-0.2, 0) is 6.61 Å². The molecule has 0 atom stereocenters. The van der Waals surface area contributed by atoms with Gasteiger partial charge in [0.15, 0.2) is 6.61 Å². The van der Waals surface area contributed by atoms with Gasteiger partial charge in [-0.1, -0.05) is 43.0 Å². The molecule has 1 heterocycles. The number of halogens is 1. The van der Waals surface area contributed by atoms with Gasteiger partial charge in [-0.25, -0.2) is 0 Å². The van der Waals surface area contributed by atoms with Crippen LogP contribution in [0.5, 0.6) is 5.75 Å². The lowest BCUT2D eigenvalue weighted by atomic mass is 10.3. The second-order valence-electron chi connectivity index (χ2n) is 5.55. The lowest BCUT2D eigenvalue weighted by Gasteiger charge is -2.12. The zero-order valence-electron chi connectivity index (χ0n) is 11.7.